The first-order valence-corrected chi connectivity index (χ1v) is 7.65. The Kier molecular flexibility index (Phi) is 3.39. The van der Waals surface area contributed by atoms with E-state index in [2.05, 4.69) is 21.2 Å². The molecule has 4 heteroatoms. The number of carbonyl (C=O) groups is 1. The third-order valence-electron chi connectivity index (χ3n) is 4.48. The minimum Gasteiger partial charge on any atom is -0.338 e. The molecule has 0 saturated carbocycles. The fourth-order valence-corrected chi connectivity index (χ4v) is 3.54. The lowest BCUT2D eigenvalue weighted by molar-refractivity contribution is 0.0775. The van der Waals surface area contributed by atoms with Gasteiger partial charge in [-0.05, 0) is 44.0 Å². The number of likely N-dealkylation sites (tertiary alicyclic amines) is 1. The highest BCUT2D eigenvalue weighted by Crippen LogP contribution is 2.36. The first-order valence-electron chi connectivity index (χ1n) is 6.86. The van der Waals surface area contributed by atoms with Gasteiger partial charge in [-0.15, -0.1) is 0 Å². The molecular weight excluding hydrogens is 304 g/mol. The zero-order valence-electron chi connectivity index (χ0n) is 11.2. The van der Waals surface area contributed by atoms with E-state index in [-0.39, 0.29) is 5.91 Å². The molecule has 2 saturated heterocycles. The van der Waals surface area contributed by atoms with Crippen molar-refractivity contribution >= 4 is 21.8 Å². The summed E-state index contributed by atoms with van der Waals surface area (Å²) in [7, 11) is 0. The highest BCUT2D eigenvalue weighted by molar-refractivity contribution is 9.10. The van der Waals surface area contributed by atoms with Crippen molar-refractivity contribution < 1.29 is 4.79 Å². The van der Waals surface area contributed by atoms with E-state index in [0.717, 1.165) is 48.2 Å². The van der Waals surface area contributed by atoms with Crippen LogP contribution in [-0.2, 0) is 0 Å². The molecule has 3 rings (SSSR count). The molecule has 2 aliphatic rings. The lowest BCUT2D eigenvalue weighted by Crippen LogP contribution is -2.33. The molecule has 0 aliphatic carbocycles. The number of carbonyl (C=O) groups excluding carboxylic acids is 1. The molecule has 102 valence electrons. The first kappa shape index (κ1) is 13.1. The Hall–Kier alpha value is -0.870. The smallest absolute Gasteiger partial charge is 0.253 e. The molecule has 1 atom stereocenters. The molecule has 3 nitrogen and oxygen atoms in total. The summed E-state index contributed by atoms with van der Waals surface area (Å²) in [5, 5.41) is 3.43. The molecule has 1 aromatic carbocycles. The van der Waals surface area contributed by atoms with E-state index < -0.39 is 0 Å². The maximum absolute atomic E-state index is 12.5. The van der Waals surface area contributed by atoms with Crippen molar-refractivity contribution in [3.63, 3.8) is 0 Å². The number of rotatable bonds is 1. The van der Waals surface area contributed by atoms with Crippen LogP contribution < -0.4 is 5.32 Å². The van der Waals surface area contributed by atoms with Gasteiger partial charge in [0.15, 0.2) is 0 Å². The van der Waals surface area contributed by atoms with Crippen LogP contribution in [0, 0.1) is 12.3 Å². The molecule has 1 spiro atoms. The minimum absolute atomic E-state index is 0.171. The molecule has 0 radical (unpaired) electrons. The number of nitrogens with zero attached hydrogens (tertiary/aromatic N) is 1. The average Bonchev–Trinajstić information content (AvgIpc) is 3.03. The summed E-state index contributed by atoms with van der Waals surface area (Å²) in [6.07, 6.45) is 2.34. The fraction of sp³-hybridized carbons (Fsp3) is 0.533. The van der Waals surface area contributed by atoms with Gasteiger partial charge in [-0.2, -0.15) is 0 Å². The standard InChI is InChI=1S/C15H19BrN2O/c1-11-2-3-12(8-13(11)16)14(19)18-7-5-15(10-18)4-6-17-9-15/h2-3,8,17H,4-7,9-10H2,1H3. The van der Waals surface area contributed by atoms with E-state index in [1.165, 1.54) is 6.42 Å². The van der Waals surface area contributed by atoms with Crippen molar-refractivity contribution in [3.8, 4) is 0 Å². The van der Waals surface area contributed by atoms with Crippen molar-refractivity contribution in [2.45, 2.75) is 19.8 Å². The molecule has 1 aromatic rings. The number of amides is 1. The van der Waals surface area contributed by atoms with E-state index >= 15 is 0 Å². The Balaban J connectivity index is 1.76. The normalized spacial score (nSPS) is 26.3. The molecule has 1 N–H and O–H groups in total. The van der Waals surface area contributed by atoms with E-state index in [0.29, 0.717) is 5.41 Å². The topological polar surface area (TPSA) is 32.3 Å². The summed E-state index contributed by atoms with van der Waals surface area (Å²) in [6, 6.07) is 5.87. The minimum atomic E-state index is 0.171. The Morgan fingerprint density at radius 1 is 1.42 bits per heavy atom. The van der Waals surface area contributed by atoms with Gasteiger partial charge in [-0.3, -0.25) is 4.79 Å². The van der Waals surface area contributed by atoms with E-state index in [1.807, 2.05) is 30.0 Å². The SMILES string of the molecule is Cc1ccc(C(=O)N2CCC3(CCNC3)C2)cc1Br. The number of nitrogens with one attached hydrogen (secondary N) is 1. The van der Waals surface area contributed by atoms with E-state index in [9.17, 15) is 4.79 Å². The summed E-state index contributed by atoms with van der Waals surface area (Å²) in [4.78, 5) is 14.6. The predicted octanol–water partition coefficient (Wildman–Crippen LogP) is 2.58. The van der Waals surface area contributed by atoms with Crippen LogP contribution in [0.2, 0.25) is 0 Å². The van der Waals surface area contributed by atoms with Crippen molar-refractivity contribution in [1.29, 1.82) is 0 Å². The Morgan fingerprint density at radius 3 is 2.95 bits per heavy atom. The number of aryl methyl sites for hydroxylation is 1. The third-order valence-corrected chi connectivity index (χ3v) is 5.33. The quantitative estimate of drug-likeness (QED) is 0.862. The van der Waals surface area contributed by atoms with Crippen LogP contribution in [0.25, 0.3) is 0 Å². The van der Waals surface area contributed by atoms with Gasteiger partial charge in [-0.25, -0.2) is 0 Å². The van der Waals surface area contributed by atoms with Crippen molar-refractivity contribution in [2.75, 3.05) is 26.2 Å². The molecule has 2 fully saturated rings. The van der Waals surface area contributed by atoms with Gasteiger partial charge in [0.1, 0.15) is 0 Å². The molecule has 2 heterocycles. The first-order chi connectivity index (χ1) is 9.10. The summed E-state index contributed by atoms with van der Waals surface area (Å²) in [5.41, 5.74) is 2.30. The third kappa shape index (κ3) is 2.43. The van der Waals surface area contributed by atoms with Gasteiger partial charge in [0.05, 0.1) is 0 Å². The van der Waals surface area contributed by atoms with Crippen LogP contribution in [0.5, 0.6) is 0 Å². The lowest BCUT2D eigenvalue weighted by Gasteiger charge is -2.23. The highest BCUT2D eigenvalue weighted by atomic mass is 79.9. The largest absolute Gasteiger partial charge is 0.338 e. The van der Waals surface area contributed by atoms with Crippen LogP contribution in [0.4, 0.5) is 0 Å². The maximum atomic E-state index is 12.5. The summed E-state index contributed by atoms with van der Waals surface area (Å²) >= 11 is 3.50. The molecule has 19 heavy (non-hydrogen) atoms. The summed E-state index contributed by atoms with van der Waals surface area (Å²) in [5.74, 6) is 0.171. The molecule has 0 bridgehead atoms. The number of halogens is 1. The Morgan fingerprint density at radius 2 is 2.26 bits per heavy atom. The van der Waals surface area contributed by atoms with Crippen molar-refractivity contribution in [3.05, 3.63) is 33.8 Å². The maximum Gasteiger partial charge on any atom is 0.253 e. The van der Waals surface area contributed by atoms with Crippen LogP contribution in [0.3, 0.4) is 0 Å². The number of hydrogen-bond donors (Lipinski definition) is 1. The second kappa shape index (κ2) is 4.91. The van der Waals surface area contributed by atoms with Gasteiger partial charge in [0.25, 0.3) is 5.91 Å². The summed E-state index contributed by atoms with van der Waals surface area (Å²) < 4.78 is 1.01. The molecular formula is C15H19BrN2O. The zero-order valence-corrected chi connectivity index (χ0v) is 12.8. The monoisotopic (exact) mass is 322 g/mol. The summed E-state index contributed by atoms with van der Waals surface area (Å²) in [6.45, 7) is 6.00. The Bertz CT molecular complexity index is 509. The lowest BCUT2D eigenvalue weighted by atomic mass is 9.86. The highest BCUT2D eigenvalue weighted by Gasteiger charge is 2.41. The van der Waals surface area contributed by atoms with E-state index in [4.69, 9.17) is 0 Å². The Labute approximate surface area is 122 Å². The molecule has 1 unspecified atom stereocenters. The number of hydrogen-bond acceptors (Lipinski definition) is 2. The van der Waals surface area contributed by atoms with Gasteiger partial charge < -0.3 is 10.2 Å². The van der Waals surface area contributed by atoms with Gasteiger partial charge in [0, 0.05) is 35.1 Å². The van der Waals surface area contributed by atoms with Crippen LogP contribution in [0.1, 0.15) is 28.8 Å². The van der Waals surface area contributed by atoms with Gasteiger partial charge in [0.2, 0.25) is 0 Å². The second-order valence-electron chi connectivity index (χ2n) is 5.87. The van der Waals surface area contributed by atoms with Gasteiger partial charge >= 0.3 is 0 Å². The van der Waals surface area contributed by atoms with E-state index in [1.54, 1.807) is 0 Å². The number of benzene rings is 1. The van der Waals surface area contributed by atoms with Gasteiger partial charge in [-0.1, -0.05) is 22.0 Å². The van der Waals surface area contributed by atoms with Crippen molar-refractivity contribution in [1.82, 2.24) is 10.2 Å². The zero-order chi connectivity index (χ0) is 13.5. The van der Waals surface area contributed by atoms with Crippen LogP contribution in [-0.4, -0.2) is 37.0 Å². The predicted molar refractivity (Wildman–Crippen MR) is 79.3 cm³/mol. The van der Waals surface area contributed by atoms with Crippen molar-refractivity contribution in [2.24, 2.45) is 5.41 Å². The molecule has 1 amide bonds. The van der Waals surface area contributed by atoms with Crippen LogP contribution in [0.15, 0.2) is 22.7 Å². The average molecular weight is 323 g/mol. The van der Waals surface area contributed by atoms with Crippen LogP contribution >= 0.6 is 15.9 Å². The molecule has 2 aliphatic heterocycles. The molecule has 0 aromatic heterocycles. The second-order valence-corrected chi connectivity index (χ2v) is 6.72. The fourth-order valence-electron chi connectivity index (χ4n) is 3.16.